The van der Waals surface area contributed by atoms with Crippen molar-refractivity contribution in [3.63, 3.8) is 0 Å². The van der Waals surface area contributed by atoms with Crippen molar-refractivity contribution in [2.75, 3.05) is 6.61 Å². The highest BCUT2D eigenvalue weighted by Gasteiger charge is 1.96. The zero-order chi connectivity index (χ0) is 5.66. The van der Waals surface area contributed by atoms with E-state index < -0.39 is 0 Å². The summed E-state index contributed by atoms with van der Waals surface area (Å²) in [6, 6.07) is 0. The molecule has 1 saturated heterocycles. The molecule has 0 saturated carbocycles. The molecule has 0 unspecified atom stereocenters. The molecule has 0 aliphatic carbocycles. The van der Waals surface area contributed by atoms with E-state index in [9.17, 15) is 0 Å². The summed E-state index contributed by atoms with van der Waals surface area (Å²) >= 11 is 0. The first-order chi connectivity index (χ1) is 4.00. The van der Waals surface area contributed by atoms with Gasteiger partial charge in [-0.05, 0) is 12.8 Å². The maximum Gasteiger partial charge on any atom is 0.122 e. The largest absolute Gasteiger partial charge is 0.236 e. The Kier molecular flexibility index (Phi) is 2.92. The molecule has 1 aliphatic heterocycles. The van der Waals surface area contributed by atoms with Gasteiger partial charge in [0.2, 0.25) is 0 Å². The lowest BCUT2D eigenvalue weighted by Crippen LogP contribution is -1.98. The molecule has 0 atom stereocenters. The normalized spacial score (nSPS) is 24.0. The van der Waals surface area contributed by atoms with Crippen LogP contribution in [0.1, 0.15) is 25.7 Å². The molecule has 1 aliphatic rings. The molecule has 1 heterocycles. The molecule has 0 N–H and O–H groups in total. The van der Waals surface area contributed by atoms with Crippen LogP contribution in [0.5, 0.6) is 0 Å². The standard InChI is InChI=1S/C6H11O2/c1-2-4-6-8-7-5-3-1/h5H,1-4,6H2. The van der Waals surface area contributed by atoms with E-state index in [4.69, 9.17) is 4.89 Å². The Balaban J connectivity index is 2.00. The van der Waals surface area contributed by atoms with Crippen molar-refractivity contribution in [3.05, 3.63) is 6.61 Å². The summed E-state index contributed by atoms with van der Waals surface area (Å²) in [6.45, 7) is 2.47. The minimum Gasteiger partial charge on any atom is -0.236 e. The Morgan fingerprint density at radius 2 is 2.12 bits per heavy atom. The summed E-state index contributed by atoms with van der Waals surface area (Å²) in [4.78, 5) is 9.37. The second-order valence-corrected chi connectivity index (χ2v) is 1.93. The Bertz CT molecular complexity index is 30.5. The average molecular weight is 115 g/mol. The molecule has 2 heteroatoms. The predicted octanol–water partition coefficient (Wildman–Crippen LogP) is 1.67. The van der Waals surface area contributed by atoms with Gasteiger partial charge in [-0.2, -0.15) is 0 Å². The van der Waals surface area contributed by atoms with Gasteiger partial charge in [-0.15, -0.1) is 0 Å². The first-order valence-corrected chi connectivity index (χ1v) is 3.10. The third kappa shape index (κ3) is 2.28. The van der Waals surface area contributed by atoms with Gasteiger partial charge in [0.15, 0.2) is 0 Å². The van der Waals surface area contributed by atoms with Crippen LogP contribution in [-0.4, -0.2) is 6.61 Å². The average Bonchev–Trinajstić information content (AvgIpc) is 1.62. The van der Waals surface area contributed by atoms with Crippen LogP contribution >= 0.6 is 0 Å². The van der Waals surface area contributed by atoms with Crippen molar-refractivity contribution in [2.24, 2.45) is 0 Å². The lowest BCUT2D eigenvalue weighted by molar-refractivity contribution is -0.272. The van der Waals surface area contributed by atoms with Gasteiger partial charge in [-0.1, -0.05) is 12.8 Å². The van der Waals surface area contributed by atoms with Crippen LogP contribution < -0.4 is 0 Å². The minimum absolute atomic E-state index is 0.747. The summed E-state index contributed by atoms with van der Waals surface area (Å²) in [5.41, 5.74) is 0. The van der Waals surface area contributed by atoms with Crippen molar-refractivity contribution < 1.29 is 9.78 Å². The van der Waals surface area contributed by atoms with E-state index in [1.54, 1.807) is 6.61 Å². The van der Waals surface area contributed by atoms with Gasteiger partial charge in [0.05, 0.1) is 6.61 Å². The number of hydrogen-bond donors (Lipinski definition) is 0. The molecule has 8 heavy (non-hydrogen) atoms. The van der Waals surface area contributed by atoms with Crippen LogP contribution in [0.2, 0.25) is 0 Å². The zero-order valence-electron chi connectivity index (χ0n) is 4.93. The summed E-state index contributed by atoms with van der Waals surface area (Å²) in [5.74, 6) is 0. The van der Waals surface area contributed by atoms with E-state index in [1.807, 2.05) is 0 Å². The van der Waals surface area contributed by atoms with Crippen molar-refractivity contribution in [2.45, 2.75) is 25.7 Å². The zero-order valence-corrected chi connectivity index (χ0v) is 4.93. The fourth-order valence-electron chi connectivity index (χ4n) is 0.710. The fourth-order valence-corrected chi connectivity index (χ4v) is 0.710. The van der Waals surface area contributed by atoms with Crippen LogP contribution in [0, 0.1) is 6.61 Å². The second kappa shape index (κ2) is 3.87. The van der Waals surface area contributed by atoms with Gasteiger partial charge in [0, 0.05) is 0 Å². The second-order valence-electron chi connectivity index (χ2n) is 1.93. The highest BCUT2D eigenvalue weighted by atomic mass is 17.2. The summed E-state index contributed by atoms with van der Waals surface area (Å²) in [5, 5.41) is 0. The number of hydrogen-bond acceptors (Lipinski definition) is 2. The Labute approximate surface area is 49.7 Å². The van der Waals surface area contributed by atoms with E-state index in [2.05, 4.69) is 4.89 Å². The molecule has 0 spiro atoms. The molecule has 1 fully saturated rings. The summed E-state index contributed by atoms with van der Waals surface area (Å²) in [7, 11) is 0. The lowest BCUT2D eigenvalue weighted by atomic mass is 10.2. The molecule has 47 valence electrons. The Hall–Kier alpha value is -0.0800. The molecule has 1 radical (unpaired) electrons. The van der Waals surface area contributed by atoms with Crippen LogP contribution in [-0.2, 0) is 9.78 Å². The monoisotopic (exact) mass is 115 g/mol. The lowest BCUT2D eigenvalue weighted by Gasteiger charge is -2.06. The smallest absolute Gasteiger partial charge is 0.122 e. The third-order valence-electron chi connectivity index (χ3n) is 1.19. The van der Waals surface area contributed by atoms with Gasteiger partial charge < -0.3 is 0 Å². The molecule has 0 amide bonds. The van der Waals surface area contributed by atoms with Gasteiger partial charge >= 0.3 is 0 Å². The van der Waals surface area contributed by atoms with Crippen LogP contribution in [0.15, 0.2) is 0 Å². The maximum atomic E-state index is 4.72. The predicted molar refractivity (Wildman–Crippen MR) is 29.8 cm³/mol. The van der Waals surface area contributed by atoms with Crippen molar-refractivity contribution in [1.82, 2.24) is 0 Å². The maximum absolute atomic E-state index is 4.72. The van der Waals surface area contributed by atoms with Crippen molar-refractivity contribution in [1.29, 1.82) is 0 Å². The SMILES string of the molecule is [CH]1CCCCCOO1. The van der Waals surface area contributed by atoms with E-state index in [1.165, 1.54) is 12.8 Å². The molecular weight excluding hydrogens is 104 g/mol. The highest BCUT2D eigenvalue weighted by Crippen LogP contribution is 2.06. The van der Waals surface area contributed by atoms with Gasteiger partial charge in [-0.3, -0.25) is 0 Å². The minimum atomic E-state index is 0.747. The van der Waals surface area contributed by atoms with E-state index in [0.29, 0.717) is 0 Å². The Morgan fingerprint density at radius 3 is 3.12 bits per heavy atom. The quantitative estimate of drug-likeness (QED) is 0.447. The van der Waals surface area contributed by atoms with Gasteiger partial charge in [-0.25, -0.2) is 9.78 Å². The van der Waals surface area contributed by atoms with E-state index >= 15 is 0 Å². The van der Waals surface area contributed by atoms with Gasteiger partial charge in [0.25, 0.3) is 0 Å². The van der Waals surface area contributed by atoms with E-state index in [-0.39, 0.29) is 0 Å². The molecule has 0 aromatic rings. The van der Waals surface area contributed by atoms with Crippen molar-refractivity contribution in [3.8, 4) is 0 Å². The number of rotatable bonds is 0. The summed E-state index contributed by atoms with van der Waals surface area (Å²) < 4.78 is 0. The van der Waals surface area contributed by atoms with Crippen LogP contribution in [0.3, 0.4) is 0 Å². The molecule has 2 nitrogen and oxygen atoms in total. The Morgan fingerprint density at radius 1 is 1.12 bits per heavy atom. The summed E-state index contributed by atoms with van der Waals surface area (Å²) in [6.07, 6.45) is 4.66. The third-order valence-corrected chi connectivity index (χ3v) is 1.19. The van der Waals surface area contributed by atoms with E-state index in [0.717, 1.165) is 19.4 Å². The van der Waals surface area contributed by atoms with Crippen LogP contribution in [0.25, 0.3) is 0 Å². The molecule has 0 bridgehead atoms. The highest BCUT2D eigenvalue weighted by molar-refractivity contribution is 4.51. The fraction of sp³-hybridized carbons (Fsp3) is 0.833. The molecule has 1 rings (SSSR count). The van der Waals surface area contributed by atoms with Gasteiger partial charge in [0.1, 0.15) is 6.61 Å². The topological polar surface area (TPSA) is 18.5 Å². The molecule has 0 aromatic heterocycles. The molecule has 0 aromatic carbocycles. The first-order valence-electron chi connectivity index (χ1n) is 3.10. The van der Waals surface area contributed by atoms with Crippen LogP contribution in [0.4, 0.5) is 0 Å². The molecular formula is C6H11O2. The first kappa shape index (κ1) is 6.05. The van der Waals surface area contributed by atoms with Crippen molar-refractivity contribution >= 4 is 0 Å².